The lowest BCUT2D eigenvalue weighted by molar-refractivity contribution is 0.112. The molecule has 20 heavy (non-hydrogen) atoms. The molecule has 2 rings (SSSR count). The van der Waals surface area contributed by atoms with Crippen LogP contribution in [0.25, 0.3) is 11.3 Å². The molecule has 0 aliphatic rings. The van der Waals surface area contributed by atoms with E-state index in [4.69, 9.17) is 4.74 Å². The van der Waals surface area contributed by atoms with E-state index in [0.717, 1.165) is 0 Å². The predicted molar refractivity (Wildman–Crippen MR) is 74.6 cm³/mol. The second-order valence-corrected chi connectivity index (χ2v) is 5.48. The van der Waals surface area contributed by atoms with Gasteiger partial charge in [-0.25, -0.2) is 4.39 Å². The molecular formula is C15H17FN2O2. The third-order valence-electron chi connectivity index (χ3n) is 2.99. The summed E-state index contributed by atoms with van der Waals surface area (Å²) in [6.07, 6.45) is 2.30. The van der Waals surface area contributed by atoms with Gasteiger partial charge in [-0.3, -0.25) is 9.48 Å². The Labute approximate surface area is 117 Å². The summed E-state index contributed by atoms with van der Waals surface area (Å²) >= 11 is 0. The standard InChI is InChI=1S/C15H17FN2O2/c1-15(2,3)18-8-10(9-19)14(17-18)13-11(16)6-5-7-12(13)20-4/h5-9H,1-4H3. The Morgan fingerprint density at radius 3 is 2.60 bits per heavy atom. The van der Waals surface area contributed by atoms with Gasteiger partial charge in [-0.1, -0.05) is 6.07 Å². The van der Waals surface area contributed by atoms with Gasteiger partial charge in [0.1, 0.15) is 17.3 Å². The summed E-state index contributed by atoms with van der Waals surface area (Å²) in [5, 5.41) is 4.36. The molecule has 1 aromatic carbocycles. The summed E-state index contributed by atoms with van der Waals surface area (Å²) in [5.74, 6) is -0.112. The molecule has 0 atom stereocenters. The smallest absolute Gasteiger partial charge is 0.153 e. The molecule has 4 nitrogen and oxygen atoms in total. The SMILES string of the molecule is COc1cccc(F)c1-c1nn(C(C)(C)C)cc1C=O. The fourth-order valence-corrected chi connectivity index (χ4v) is 1.92. The Hall–Kier alpha value is -2.17. The second kappa shape index (κ2) is 5.07. The van der Waals surface area contributed by atoms with Gasteiger partial charge in [-0.2, -0.15) is 5.10 Å². The summed E-state index contributed by atoms with van der Waals surface area (Å²) in [4.78, 5) is 11.2. The summed E-state index contributed by atoms with van der Waals surface area (Å²) in [7, 11) is 1.46. The molecule has 0 spiro atoms. The van der Waals surface area contributed by atoms with E-state index in [1.807, 2.05) is 20.8 Å². The fourth-order valence-electron chi connectivity index (χ4n) is 1.92. The average Bonchev–Trinajstić information content (AvgIpc) is 2.82. The number of rotatable bonds is 3. The molecule has 0 aliphatic carbocycles. The van der Waals surface area contributed by atoms with Gasteiger partial charge in [0.05, 0.1) is 23.8 Å². The molecule has 106 valence electrons. The Kier molecular flexibility index (Phi) is 3.61. The Morgan fingerprint density at radius 1 is 1.35 bits per heavy atom. The minimum Gasteiger partial charge on any atom is -0.496 e. The van der Waals surface area contributed by atoms with Crippen molar-refractivity contribution in [2.75, 3.05) is 7.11 Å². The van der Waals surface area contributed by atoms with Crippen molar-refractivity contribution in [1.82, 2.24) is 9.78 Å². The van der Waals surface area contributed by atoms with E-state index in [2.05, 4.69) is 5.10 Å². The minimum absolute atomic E-state index is 0.208. The van der Waals surface area contributed by atoms with Crippen LogP contribution in [-0.2, 0) is 5.54 Å². The average molecular weight is 276 g/mol. The number of carbonyl (C=O) groups is 1. The normalized spacial score (nSPS) is 11.4. The molecule has 0 radical (unpaired) electrons. The molecular weight excluding hydrogens is 259 g/mol. The van der Waals surface area contributed by atoms with Crippen molar-refractivity contribution in [3.8, 4) is 17.0 Å². The number of aromatic nitrogens is 2. The van der Waals surface area contributed by atoms with Gasteiger partial charge >= 0.3 is 0 Å². The van der Waals surface area contributed by atoms with E-state index >= 15 is 0 Å². The minimum atomic E-state index is -0.466. The van der Waals surface area contributed by atoms with Crippen LogP contribution in [0.1, 0.15) is 31.1 Å². The van der Waals surface area contributed by atoms with E-state index in [1.54, 1.807) is 23.0 Å². The highest BCUT2D eigenvalue weighted by molar-refractivity contribution is 5.87. The van der Waals surface area contributed by atoms with Gasteiger partial charge in [0, 0.05) is 6.20 Å². The van der Waals surface area contributed by atoms with E-state index in [0.29, 0.717) is 23.3 Å². The zero-order chi connectivity index (χ0) is 14.9. The number of methoxy groups -OCH3 is 1. The Morgan fingerprint density at radius 2 is 2.05 bits per heavy atom. The number of hydrogen-bond donors (Lipinski definition) is 0. The number of ether oxygens (including phenoxy) is 1. The van der Waals surface area contributed by atoms with Crippen LogP contribution < -0.4 is 4.74 Å². The van der Waals surface area contributed by atoms with E-state index in [9.17, 15) is 9.18 Å². The maximum absolute atomic E-state index is 14.1. The molecule has 0 saturated heterocycles. The molecule has 1 heterocycles. The number of hydrogen-bond acceptors (Lipinski definition) is 3. The van der Waals surface area contributed by atoms with E-state index in [1.165, 1.54) is 13.2 Å². The van der Waals surface area contributed by atoms with E-state index < -0.39 is 5.82 Å². The van der Waals surface area contributed by atoms with E-state index in [-0.39, 0.29) is 11.1 Å². The van der Waals surface area contributed by atoms with Gasteiger partial charge in [0.15, 0.2) is 6.29 Å². The highest BCUT2D eigenvalue weighted by Crippen LogP contribution is 2.34. The van der Waals surface area contributed by atoms with Crippen molar-refractivity contribution >= 4 is 6.29 Å². The van der Waals surface area contributed by atoms with Crippen molar-refractivity contribution in [2.45, 2.75) is 26.3 Å². The maximum atomic E-state index is 14.1. The number of halogens is 1. The first kappa shape index (κ1) is 14.2. The van der Waals surface area contributed by atoms with Gasteiger partial charge in [0.25, 0.3) is 0 Å². The molecule has 0 amide bonds. The van der Waals surface area contributed by atoms with Crippen LogP contribution in [0.4, 0.5) is 4.39 Å². The van der Waals surface area contributed by atoms with Crippen molar-refractivity contribution in [3.63, 3.8) is 0 Å². The van der Waals surface area contributed by atoms with Gasteiger partial charge in [-0.05, 0) is 32.9 Å². The lowest BCUT2D eigenvalue weighted by Gasteiger charge is -2.18. The van der Waals surface area contributed by atoms with Crippen LogP contribution in [-0.4, -0.2) is 23.2 Å². The lowest BCUT2D eigenvalue weighted by atomic mass is 10.1. The summed E-state index contributed by atoms with van der Waals surface area (Å²) < 4.78 is 20.9. The first-order valence-corrected chi connectivity index (χ1v) is 6.26. The molecule has 0 fully saturated rings. The number of benzene rings is 1. The quantitative estimate of drug-likeness (QED) is 0.808. The van der Waals surface area contributed by atoms with Crippen molar-refractivity contribution in [3.05, 3.63) is 35.8 Å². The van der Waals surface area contributed by atoms with Gasteiger partial charge in [-0.15, -0.1) is 0 Å². The van der Waals surface area contributed by atoms with Gasteiger partial charge < -0.3 is 4.74 Å². The molecule has 5 heteroatoms. The largest absolute Gasteiger partial charge is 0.496 e. The molecule has 0 aliphatic heterocycles. The van der Waals surface area contributed by atoms with Crippen molar-refractivity contribution in [1.29, 1.82) is 0 Å². The second-order valence-electron chi connectivity index (χ2n) is 5.48. The fraction of sp³-hybridized carbons (Fsp3) is 0.333. The predicted octanol–water partition coefficient (Wildman–Crippen LogP) is 3.27. The molecule has 0 unspecified atom stereocenters. The molecule has 0 saturated carbocycles. The van der Waals surface area contributed by atoms with Crippen LogP contribution in [0.15, 0.2) is 24.4 Å². The third-order valence-corrected chi connectivity index (χ3v) is 2.99. The monoisotopic (exact) mass is 276 g/mol. The lowest BCUT2D eigenvalue weighted by Crippen LogP contribution is -2.22. The van der Waals surface area contributed by atoms with Crippen LogP contribution in [0.3, 0.4) is 0 Å². The van der Waals surface area contributed by atoms with Gasteiger partial charge in [0.2, 0.25) is 0 Å². The molecule has 2 aromatic rings. The first-order chi connectivity index (χ1) is 9.38. The molecule has 0 bridgehead atoms. The summed E-state index contributed by atoms with van der Waals surface area (Å²) in [5.41, 5.74) is 0.544. The highest BCUT2D eigenvalue weighted by Gasteiger charge is 2.22. The number of carbonyl (C=O) groups excluding carboxylic acids is 1. The van der Waals surface area contributed by atoms with Crippen LogP contribution >= 0.6 is 0 Å². The highest BCUT2D eigenvalue weighted by atomic mass is 19.1. The Balaban J connectivity index is 2.70. The maximum Gasteiger partial charge on any atom is 0.153 e. The third kappa shape index (κ3) is 2.43. The molecule has 1 aromatic heterocycles. The number of aldehydes is 1. The van der Waals surface area contributed by atoms with Crippen LogP contribution in [0, 0.1) is 5.82 Å². The zero-order valence-electron chi connectivity index (χ0n) is 12.0. The molecule has 0 N–H and O–H groups in total. The summed E-state index contributed by atoms with van der Waals surface area (Å²) in [6.45, 7) is 5.87. The topological polar surface area (TPSA) is 44.1 Å². The van der Waals surface area contributed by atoms with Crippen molar-refractivity contribution in [2.24, 2.45) is 0 Å². The van der Waals surface area contributed by atoms with Crippen LogP contribution in [0.2, 0.25) is 0 Å². The summed E-state index contributed by atoms with van der Waals surface area (Å²) in [6, 6.07) is 4.52. The first-order valence-electron chi connectivity index (χ1n) is 6.26. The zero-order valence-corrected chi connectivity index (χ0v) is 12.0. The van der Waals surface area contributed by atoms with Crippen LogP contribution in [0.5, 0.6) is 5.75 Å². The van der Waals surface area contributed by atoms with Crippen molar-refractivity contribution < 1.29 is 13.9 Å². The Bertz CT molecular complexity index is 642. The number of nitrogens with zero attached hydrogens (tertiary/aromatic N) is 2.